The molecule has 0 saturated carbocycles. The zero-order chi connectivity index (χ0) is 33.2. The third-order valence-electron chi connectivity index (χ3n) is 9.00. The summed E-state index contributed by atoms with van der Waals surface area (Å²) in [6, 6.07) is -1.37. The molecule has 1 amide bonds. The monoisotopic (exact) mass is 640 g/mol. The van der Waals surface area contributed by atoms with Gasteiger partial charge in [0.2, 0.25) is 5.91 Å². The molecule has 0 spiro atoms. The molecule has 0 aromatic heterocycles. The smallest absolute Gasteiger partial charge is 0.244 e. The van der Waals surface area contributed by atoms with Crippen LogP contribution in [0.2, 0.25) is 0 Å². The van der Waals surface area contributed by atoms with Gasteiger partial charge in [-0.15, -0.1) is 0 Å². The fraction of sp³-hybridized carbons (Fsp3) is 0.895. The number of allylic oxidation sites excluding steroid dienone is 1. The van der Waals surface area contributed by atoms with Crippen molar-refractivity contribution in [3.05, 3.63) is 12.2 Å². The van der Waals surface area contributed by atoms with Crippen molar-refractivity contribution in [2.24, 2.45) is 0 Å². The molecular formula is C38H73NO6. The van der Waals surface area contributed by atoms with Gasteiger partial charge in [-0.2, -0.15) is 0 Å². The van der Waals surface area contributed by atoms with Crippen molar-refractivity contribution >= 4 is 12.2 Å². The maximum Gasteiger partial charge on any atom is 0.244 e. The highest BCUT2D eigenvalue weighted by molar-refractivity contribution is 5.89. The first-order valence-electron chi connectivity index (χ1n) is 19.0. The summed E-state index contributed by atoms with van der Waals surface area (Å²) in [6.07, 6.45) is 36.1. The first-order chi connectivity index (χ1) is 22.0. The van der Waals surface area contributed by atoms with Crippen LogP contribution in [0.15, 0.2) is 12.2 Å². The van der Waals surface area contributed by atoms with Gasteiger partial charge in [-0.25, -0.2) is 0 Å². The summed E-state index contributed by atoms with van der Waals surface area (Å²) < 4.78 is 0. The normalized spacial score (nSPS) is 14.4. The topological polar surface area (TPSA) is 127 Å². The average molecular weight is 640 g/mol. The van der Waals surface area contributed by atoms with Gasteiger partial charge in [0, 0.05) is 0 Å². The summed E-state index contributed by atoms with van der Waals surface area (Å²) >= 11 is 0. The molecule has 4 atom stereocenters. The van der Waals surface area contributed by atoms with Gasteiger partial charge in [0.1, 0.15) is 30.6 Å². The van der Waals surface area contributed by atoms with Crippen molar-refractivity contribution in [1.29, 1.82) is 0 Å². The molecule has 0 rings (SSSR count). The molecule has 0 aromatic carbocycles. The summed E-state index contributed by atoms with van der Waals surface area (Å²) in [5.41, 5.74) is 0. The first-order valence-corrected chi connectivity index (χ1v) is 19.0. The Morgan fingerprint density at radius 1 is 0.556 bits per heavy atom. The van der Waals surface area contributed by atoms with E-state index in [9.17, 15) is 24.9 Å². The largest absolute Gasteiger partial charge is 0.394 e. The van der Waals surface area contributed by atoms with Crippen LogP contribution in [0.25, 0.3) is 0 Å². The number of aliphatic hydroxyl groups excluding tert-OH is 4. The van der Waals surface area contributed by atoms with Crippen LogP contribution in [-0.2, 0) is 9.59 Å². The van der Waals surface area contributed by atoms with Crippen LogP contribution in [0.4, 0.5) is 0 Å². The zero-order valence-corrected chi connectivity index (χ0v) is 29.2. The Balaban J connectivity index is 3.39. The van der Waals surface area contributed by atoms with E-state index in [1.54, 1.807) is 6.08 Å². The van der Waals surface area contributed by atoms with Gasteiger partial charge in [-0.05, 0) is 18.9 Å². The molecule has 0 unspecified atom stereocenters. The van der Waals surface area contributed by atoms with E-state index >= 15 is 0 Å². The fourth-order valence-electron chi connectivity index (χ4n) is 5.91. The Kier molecular flexibility index (Phi) is 33.1. The third kappa shape index (κ3) is 28.7. The van der Waals surface area contributed by atoms with Crippen molar-refractivity contribution in [3.63, 3.8) is 0 Å². The highest BCUT2D eigenvalue weighted by atomic mass is 16.4. The number of carbonyl (C=O) groups excluding carboxylic acids is 2. The van der Waals surface area contributed by atoms with E-state index in [4.69, 9.17) is 5.11 Å². The fourth-order valence-corrected chi connectivity index (χ4v) is 5.91. The summed E-state index contributed by atoms with van der Waals surface area (Å²) in [7, 11) is 0. The van der Waals surface area contributed by atoms with Gasteiger partial charge in [0.15, 0.2) is 0 Å². The summed E-state index contributed by atoms with van der Waals surface area (Å²) in [6.45, 7) is 1.52. The number of unbranched alkanes of at least 4 members (excludes halogenated alkanes) is 27. The van der Waals surface area contributed by atoms with Gasteiger partial charge in [0.05, 0.1) is 6.61 Å². The van der Waals surface area contributed by atoms with Crippen LogP contribution in [0, 0.1) is 0 Å². The molecule has 0 aliphatic rings. The average Bonchev–Trinajstić information content (AvgIpc) is 3.05. The molecule has 266 valence electrons. The number of nitrogens with one attached hydrogen (secondary N) is 1. The molecule has 0 radical (unpaired) electrons. The molecule has 0 fully saturated rings. The zero-order valence-electron chi connectivity index (χ0n) is 29.2. The molecule has 5 N–H and O–H groups in total. The molecule has 0 saturated heterocycles. The first kappa shape index (κ1) is 43.7. The van der Waals surface area contributed by atoms with Crippen molar-refractivity contribution in [3.8, 4) is 0 Å². The highest BCUT2D eigenvalue weighted by Gasteiger charge is 2.31. The number of aldehydes is 1. The second-order valence-electron chi connectivity index (χ2n) is 13.3. The van der Waals surface area contributed by atoms with Gasteiger partial charge in [-0.1, -0.05) is 180 Å². The Morgan fingerprint density at radius 2 is 0.889 bits per heavy atom. The number of amides is 1. The molecule has 0 aliphatic carbocycles. The van der Waals surface area contributed by atoms with E-state index in [-0.39, 0.29) is 0 Å². The minimum absolute atomic E-state index is 0.298. The predicted octanol–water partition coefficient (Wildman–Crippen LogP) is 8.24. The molecule has 0 aromatic rings. The quantitative estimate of drug-likeness (QED) is 0.0270. The second kappa shape index (κ2) is 34.1. The number of hydrogen-bond donors (Lipinski definition) is 5. The number of hydrogen-bond acceptors (Lipinski definition) is 6. The lowest BCUT2D eigenvalue weighted by Gasteiger charge is -2.25. The highest BCUT2D eigenvalue weighted by Crippen LogP contribution is 2.16. The third-order valence-corrected chi connectivity index (χ3v) is 9.00. The van der Waals surface area contributed by atoms with Crippen molar-refractivity contribution in [2.75, 3.05) is 6.61 Å². The molecule has 45 heavy (non-hydrogen) atoms. The van der Waals surface area contributed by atoms with Crippen LogP contribution in [0.3, 0.4) is 0 Å². The Hall–Kier alpha value is -1.28. The van der Waals surface area contributed by atoms with Gasteiger partial charge >= 0.3 is 0 Å². The van der Waals surface area contributed by atoms with Gasteiger partial charge < -0.3 is 30.5 Å². The lowest BCUT2D eigenvalue weighted by Crippen LogP contribution is -2.53. The van der Waals surface area contributed by atoms with Crippen LogP contribution in [0.1, 0.15) is 187 Å². The van der Waals surface area contributed by atoms with Gasteiger partial charge in [-0.3, -0.25) is 4.79 Å². The SMILES string of the molecule is CCCCCCCCCCCCCCCCCCCCCCCCCCCCCC=CC(=O)N[C@@H](C=O)[C@@H](O)[C@H](O)[C@H](O)CO. The van der Waals surface area contributed by atoms with Crippen molar-refractivity contribution < 1.29 is 30.0 Å². The van der Waals surface area contributed by atoms with Crippen LogP contribution in [0.5, 0.6) is 0 Å². The van der Waals surface area contributed by atoms with E-state index in [1.165, 1.54) is 167 Å². The standard InChI is InChI=1S/C38H73NO6/c1-2-3-4-5-6-7-8-9-10-11-12-13-14-15-16-17-18-19-20-21-22-23-24-25-26-27-28-29-30-31-36(43)39-34(32-40)37(44)38(45)35(42)33-41/h30-32,34-35,37-38,41-42,44-45H,2-29,33H2,1H3,(H,39,43)/t34-,35+,37+,38+/m0/s1. The molecule has 0 aliphatic heterocycles. The van der Waals surface area contributed by atoms with Crippen molar-refractivity contribution in [1.82, 2.24) is 5.32 Å². The lowest BCUT2D eigenvalue weighted by molar-refractivity contribution is -0.128. The summed E-state index contributed by atoms with van der Waals surface area (Å²) in [4.78, 5) is 23.1. The van der Waals surface area contributed by atoms with Crippen LogP contribution in [-0.4, -0.2) is 63.6 Å². The Bertz CT molecular complexity index is 673. The van der Waals surface area contributed by atoms with E-state index in [0.29, 0.717) is 6.29 Å². The molecule has 7 nitrogen and oxygen atoms in total. The van der Waals surface area contributed by atoms with E-state index in [0.717, 1.165) is 19.3 Å². The van der Waals surface area contributed by atoms with E-state index in [1.807, 2.05) is 0 Å². The number of aliphatic hydroxyl groups is 4. The van der Waals surface area contributed by atoms with Crippen LogP contribution >= 0.6 is 0 Å². The predicted molar refractivity (Wildman–Crippen MR) is 187 cm³/mol. The minimum atomic E-state index is -1.74. The van der Waals surface area contributed by atoms with Crippen molar-refractivity contribution in [2.45, 2.75) is 211 Å². The van der Waals surface area contributed by atoms with Gasteiger partial charge in [0.25, 0.3) is 0 Å². The molecule has 7 heteroatoms. The van der Waals surface area contributed by atoms with E-state index in [2.05, 4.69) is 12.2 Å². The molecule has 0 bridgehead atoms. The van der Waals surface area contributed by atoms with E-state index < -0.39 is 36.9 Å². The maximum absolute atomic E-state index is 12.0. The second-order valence-corrected chi connectivity index (χ2v) is 13.3. The van der Waals surface area contributed by atoms with Crippen LogP contribution < -0.4 is 5.32 Å². The summed E-state index contributed by atoms with van der Waals surface area (Å²) in [5.74, 6) is -0.554. The molecular weight excluding hydrogens is 566 g/mol. The minimum Gasteiger partial charge on any atom is -0.394 e. The Morgan fingerprint density at radius 3 is 1.20 bits per heavy atom. The molecule has 0 heterocycles. The number of carbonyl (C=O) groups is 2. The lowest BCUT2D eigenvalue weighted by atomic mass is 10.0. The maximum atomic E-state index is 12.0. The Labute approximate surface area is 277 Å². The number of rotatable bonds is 35. The summed E-state index contributed by atoms with van der Waals surface area (Å²) in [5, 5.41) is 40.2.